The van der Waals surface area contributed by atoms with Gasteiger partial charge in [-0.2, -0.15) is 0 Å². The third-order valence-electron chi connectivity index (χ3n) is 3.05. The van der Waals surface area contributed by atoms with E-state index in [-0.39, 0.29) is 5.75 Å². The Bertz CT molecular complexity index is 472. The van der Waals surface area contributed by atoms with Gasteiger partial charge in [0.15, 0.2) is 0 Å². The van der Waals surface area contributed by atoms with Crippen LogP contribution in [0.5, 0.6) is 0 Å². The molecule has 0 amide bonds. The van der Waals surface area contributed by atoms with Gasteiger partial charge in [-0.3, -0.25) is 4.31 Å². The quantitative estimate of drug-likeness (QED) is 0.713. The van der Waals surface area contributed by atoms with E-state index in [2.05, 4.69) is 19.2 Å². The molecule has 1 rings (SSSR count). The Kier molecular flexibility index (Phi) is 7.02. The van der Waals surface area contributed by atoms with Crippen LogP contribution < -0.4 is 9.62 Å². The van der Waals surface area contributed by atoms with E-state index in [4.69, 9.17) is 0 Å². The average molecular weight is 298 g/mol. The lowest BCUT2D eigenvalue weighted by molar-refractivity contribution is 0.558. The van der Waals surface area contributed by atoms with Gasteiger partial charge in [-0.25, -0.2) is 8.42 Å². The monoisotopic (exact) mass is 298 g/mol. The smallest absolute Gasteiger partial charge is 0.235 e. The summed E-state index contributed by atoms with van der Waals surface area (Å²) in [5, 5.41) is 3.30. The lowest BCUT2D eigenvalue weighted by atomic mass is 10.3. The molecule has 0 spiro atoms. The lowest BCUT2D eigenvalue weighted by Gasteiger charge is -2.22. The highest BCUT2D eigenvalue weighted by molar-refractivity contribution is 7.92. The average Bonchev–Trinajstić information content (AvgIpc) is 2.39. The fraction of sp³-hybridized carbons (Fsp3) is 0.600. The second-order valence-electron chi connectivity index (χ2n) is 5.13. The second-order valence-corrected chi connectivity index (χ2v) is 7.15. The Hall–Kier alpha value is -1.07. The maximum Gasteiger partial charge on any atom is 0.235 e. The molecule has 1 N–H and O–H groups in total. The molecule has 0 atom stereocenters. The molecular weight excluding hydrogens is 272 g/mol. The van der Waals surface area contributed by atoms with Crippen LogP contribution in [0.1, 0.15) is 33.6 Å². The van der Waals surface area contributed by atoms with Crippen molar-refractivity contribution in [1.82, 2.24) is 5.32 Å². The van der Waals surface area contributed by atoms with Crippen molar-refractivity contribution < 1.29 is 8.42 Å². The SMILES string of the molecule is CCN(c1ccccc1)S(=O)(=O)CCCCNC(C)C. The number of unbranched alkanes of at least 4 members (excludes halogenated alkanes) is 1. The van der Waals surface area contributed by atoms with Gasteiger partial charge in [0, 0.05) is 12.6 Å². The van der Waals surface area contributed by atoms with Crippen molar-refractivity contribution in [3.63, 3.8) is 0 Å². The minimum atomic E-state index is -3.22. The van der Waals surface area contributed by atoms with Gasteiger partial charge in [0.2, 0.25) is 10.0 Å². The van der Waals surface area contributed by atoms with E-state index in [0.717, 1.165) is 18.7 Å². The van der Waals surface area contributed by atoms with Crippen molar-refractivity contribution in [2.24, 2.45) is 0 Å². The summed E-state index contributed by atoms with van der Waals surface area (Å²) in [5.41, 5.74) is 0.746. The predicted molar refractivity (Wildman–Crippen MR) is 85.6 cm³/mol. The topological polar surface area (TPSA) is 49.4 Å². The van der Waals surface area contributed by atoms with Gasteiger partial charge in [-0.15, -0.1) is 0 Å². The van der Waals surface area contributed by atoms with E-state index >= 15 is 0 Å². The van der Waals surface area contributed by atoms with Crippen molar-refractivity contribution in [1.29, 1.82) is 0 Å². The highest BCUT2D eigenvalue weighted by atomic mass is 32.2. The molecule has 0 aliphatic carbocycles. The van der Waals surface area contributed by atoms with Gasteiger partial charge < -0.3 is 5.32 Å². The van der Waals surface area contributed by atoms with E-state index in [1.165, 1.54) is 4.31 Å². The number of hydrogen-bond acceptors (Lipinski definition) is 3. The van der Waals surface area contributed by atoms with Gasteiger partial charge in [0.25, 0.3) is 0 Å². The first-order valence-corrected chi connectivity index (χ1v) is 8.87. The fourth-order valence-electron chi connectivity index (χ4n) is 2.04. The van der Waals surface area contributed by atoms with Crippen molar-refractivity contribution in [2.45, 2.75) is 39.7 Å². The minimum absolute atomic E-state index is 0.204. The summed E-state index contributed by atoms with van der Waals surface area (Å²) in [6, 6.07) is 9.73. The molecule has 5 heteroatoms. The highest BCUT2D eigenvalue weighted by Crippen LogP contribution is 2.18. The number of nitrogens with zero attached hydrogens (tertiary/aromatic N) is 1. The van der Waals surface area contributed by atoms with Gasteiger partial charge in [0.05, 0.1) is 11.4 Å². The van der Waals surface area contributed by atoms with Crippen molar-refractivity contribution >= 4 is 15.7 Å². The Labute approximate surface area is 123 Å². The molecular formula is C15H26N2O2S. The zero-order chi connectivity index (χ0) is 15.0. The summed E-state index contributed by atoms with van der Waals surface area (Å²) in [5.74, 6) is 0.204. The lowest BCUT2D eigenvalue weighted by Crippen LogP contribution is -2.33. The van der Waals surface area contributed by atoms with Gasteiger partial charge in [-0.1, -0.05) is 32.0 Å². The van der Waals surface area contributed by atoms with Gasteiger partial charge >= 0.3 is 0 Å². The summed E-state index contributed by atoms with van der Waals surface area (Å²) < 4.78 is 26.2. The molecule has 0 radical (unpaired) electrons. The highest BCUT2D eigenvalue weighted by Gasteiger charge is 2.20. The molecule has 0 aliphatic heterocycles. The molecule has 1 aromatic rings. The van der Waals surface area contributed by atoms with Crippen molar-refractivity contribution in [3.05, 3.63) is 30.3 Å². The van der Waals surface area contributed by atoms with Crippen LogP contribution in [-0.2, 0) is 10.0 Å². The Balaban J connectivity index is 2.54. The van der Waals surface area contributed by atoms with E-state index < -0.39 is 10.0 Å². The number of para-hydroxylation sites is 1. The molecule has 0 aliphatic rings. The first-order valence-electron chi connectivity index (χ1n) is 7.26. The summed E-state index contributed by atoms with van der Waals surface area (Å²) >= 11 is 0. The molecule has 0 heterocycles. The first-order chi connectivity index (χ1) is 9.47. The van der Waals surface area contributed by atoms with E-state index in [1.807, 2.05) is 37.3 Å². The van der Waals surface area contributed by atoms with E-state index in [0.29, 0.717) is 19.0 Å². The van der Waals surface area contributed by atoms with Crippen LogP contribution in [0.15, 0.2) is 30.3 Å². The van der Waals surface area contributed by atoms with Crippen LogP contribution in [-0.4, -0.2) is 33.3 Å². The van der Waals surface area contributed by atoms with Crippen LogP contribution in [0.25, 0.3) is 0 Å². The second kappa shape index (κ2) is 8.27. The molecule has 0 saturated carbocycles. The standard InChI is InChI=1S/C15H26N2O2S/c1-4-17(15-10-6-5-7-11-15)20(18,19)13-9-8-12-16-14(2)3/h5-7,10-11,14,16H,4,8-9,12-13H2,1-3H3. The number of benzene rings is 1. The van der Waals surface area contributed by atoms with Crippen LogP contribution in [0.2, 0.25) is 0 Å². The number of anilines is 1. The van der Waals surface area contributed by atoms with Gasteiger partial charge in [0.1, 0.15) is 0 Å². The van der Waals surface area contributed by atoms with Gasteiger partial charge in [-0.05, 0) is 38.4 Å². The predicted octanol–water partition coefficient (Wildman–Crippen LogP) is 2.62. The summed E-state index contributed by atoms with van der Waals surface area (Å²) in [6.07, 6.45) is 1.56. The molecule has 0 unspecified atom stereocenters. The Morgan fingerprint density at radius 2 is 1.80 bits per heavy atom. The first kappa shape index (κ1) is 17.0. The third-order valence-corrected chi connectivity index (χ3v) is 4.99. The largest absolute Gasteiger partial charge is 0.315 e. The molecule has 0 fully saturated rings. The zero-order valence-electron chi connectivity index (χ0n) is 12.7. The zero-order valence-corrected chi connectivity index (χ0v) is 13.5. The maximum absolute atomic E-state index is 12.4. The van der Waals surface area contributed by atoms with E-state index in [1.54, 1.807) is 0 Å². The van der Waals surface area contributed by atoms with E-state index in [9.17, 15) is 8.42 Å². The number of rotatable bonds is 9. The Morgan fingerprint density at radius 1 is 1.15 bits per heavy atom. The van der Waals surface area contributed by atoms with Crippen molar-refractivity contribution in [3.8, 4) is 0 Å². The number of nitrogens with one attached hydrogen (secondary N) is 1. The molecule has 114 valence electrons. The number of hydrogen-bond donors (Lipinski definition) is 1. The van der Waals surface area contributed by atoms with Crippen LogP contribution in [0.4, 0.5) is 5.69 Å². The third kappa shape index (κ3) is 5.51. The summed E-state index contributed by atoms with van der Waals surface area (Å²) in [7, 11) is -3.22. The Morgan fingerprint density at radius 3 is 2.35 bits per heavy atom. The normalized spacial score (nSPS) is 11.8. The van der Waals surface area contributed by atoms with Crippen LogP contribution in [0.3, 0.4) is 0 Å². The summed E-state index contributed by atoms with van der Waals surface area (Å²) in [4.78, 5) is 0. The molecule has 0 bridgehead atoms. The summed E-state index contributed by atoms with van der Waals surface area (Å²) in [6.45, 7) is 7.38. The van der Waals surface area contributed by atoms with Crippen LogP contribution >= 0.6 is 0 Å². The number of sulfonamides is 1. The molecule has 0 saturated heterocycles. The maximum atomic E-state index is 12.4. The van der Waals surface area contributed by atoms with Crippen LogP contribution in [0, 0.1) is 0 Å². The molecule has 1 aromatic carbocycles. The minimum Gasteiger partial charge on any atom is -0.315 e. The molecule has 0 aromatic heterocycles. The fourth-order valence-corrected chi connectivity index (χ4v) is 3.67. The molecule has 4 nitrogen and oxygen atoms in total. The molecule has 20 heavy (non-hydrogen) atoms. The van der Waals surface area contributed by atoms with Crippen molar-refractivity contribution in [2.75, 3.05) is 23.1 Å².